The Morgan fingerprint density at radius 1 is 1.28 bits per heavy atom. The summed E-state index contributed by atoms with van der Waals surface area (Å²) in [5.74, 6) is -0.0710. The molecule has 0 spiro atoms. The van der Waals surface area contributed by atoms with E-state index in [0.717, 1.165) is 19.5 Å². The fourth-order valence-electron chi connectivity index (χ4n) is 2.08. The van der Waals surface area contributed by atoms with Gasteiger partial charge in [0.1, 0.15) is 0 Å². The molecule has 0 aromatic rings. The maximum Gasteiger partial charge on any atom is 0.220 e. The molecule has 2 amide bonds. The summed E-state index contributed by atoms with van der Waals surface area (Å²) in [6.45, 7) is 2.98. The second kappa shape index (κ2) is 9.55. The van der Waals surface area contributed by atoms with Crippen LogP contribution in [0.3, 0.4) is 0 Å². The Morgan fingerprint density at radius 3 is 2.44 bits per heavy atom. The molecule has 1 heterocycles. The number of carbonyl (C=O) groups excluding carboxylic acids is 2. The van der Waals surface area contributed by atoms with E-state index in [2.05, 4.69) is 17.3 Å². The Kier molecular flexibility index (Phi) is 9.36. The number of amides is 2. The second-order valence-corrected chi connectivity index (χ2v) is 4.81. The normalized spacial score (nSPS) is 16.9. The van der Waals surface area contributed by atoms with Gasteiger partial charge in [-0.05, 0) is 51.7 Å². The van der Waals surface area contributed by atoms with Crippen molar-refractivity contribution in [2.75, 3.05) is 26.7 Å². The molecule has 1 aliphatic rings. The average Bonchev–Trinajstić information content (AvgIpc) is 2.29. The summed E-state index contributed by atoms with van der Waals surface area (Å²) in [5.41, 5.74) is 6.70. The number of rotatable bonds is 6. The van der Waals surface area contributed by atoms with Crippen LogP contribution in [-0.2, 0) is 32.0 Å². The van der Waals surface area contributed by atoms with E-state index in [0.29, 0.717) is 12.5 Å². The summed E-state index contributed by atoms with van der Waals surface area (Å²) in [4.78, 5) is 24.0. The molecular formula is C12H22N3O2Ta-. The summed E-state index contributed by atoms with van der Waals surface area (Å²) in [5, 5.41) is 2.81. The zero-order valence-corrected chi connectivity index (χ0v) is 14.2. The fourth-order valence-corrected chi connectivity index (χ4v) is 2.08. The Morgan fingerprint density at radius 2 is 1.89 bits per heavy atom. The Balaban J connectivity index is 0.00000289. The largest absolute Gasteiger partial charge is 0.668 e. The molecule has 1 radical (unpaired) electrons. The molecule has 5 nitrogen and oxygen atoms in total. The first-order valence-electron chi connectivity index (χ1n) is 6.27. The zero-order valence-electron chi connectivity index (χ0n) is 10.9. The van der Waals surface area contributed by atoms with Crippen molar-refractivity contribution in [2.24, 2.45) is 5.92 Å². The number of hydrogen-bond donors (Lipinski definition) is 1. The van der Waals surface area contributed by atoms with Gasteiger partial charge in [0.25, 0.3) is 0 Å². The number of piperidine rings is 1. The summed E-state index contributed by atoms with van der Waals surface area (Å²) in [6.07, 6.45) is 3.61. The molecule has 0 aromatic carbocycles. The molecule has 1 aliphatic heterocycles. The Labute approximate surface area is 124 Å². The van der Waals surface area contributed by atoms with Gasteiger partial charge < -0.3 is 20.7 Å². The minimum atomic E-state index is -0.671. The van der Waals surface area contributed by atoms with Crippen molar-refractivity contribution in [1.29, 1.82) is 0 Å². The van der Waals surface area contributed by atoms with E-state index in [4.69, 9.17) is 5.73 Å². The van der Waals surface area contributed by atoms with Crippen molar-refractivity contribution in [2.45, 2.75) is 32.1 Å². The number of carbonyl (C=O) groups is 2. The van der Waals surface area contributed by atoms with Crippen LogP contribution in [0.5, 0.6) is 0 Å². The van der Waals surface area contributed by atoms with E-state index in [1.54, 1.807) is 0 Å². The summed E-state index contributed by atoms with van der Waals surface area (Å²) in [7, 11) is 2.13. The van der Waals surface area contributed by atoms with E-state index < -0.39 is 5.91 Å². The van der Waals surface area contributed by atoms with Crippen LogP contribution >= 0.6 is 0 Å². The molecule has 18 heavy (non-hydrogen) atoms. The number of hydrogen-bond acceptors (Lipinski definition) is 3. The first kappa shape index (κ1) is 17.6. The standard InChI is InChI=1S/C12H23N3O2.Ta/c1-15-8-5-10(6-9-15)4-7-14-12(17)3-2-11(13)16;/h10H,2-9H2,1H3,(H3,13,14,16,17);/p-1. The third kappa shape index (κ3) is 7.87. The van der Waals surface area contributed by atoms with Gasteiger partial charge in [0.15, 0.2) is 0 Å². The summed E-state index contributed by atoms with van der Waals surface area (Å²) in [6, 6.07) is 0. The molecule has 0 unspecified atom stereocenters. The van der Waals surface area contributed by atoms with Crippen molar-refractivity contribution in [3.63, 3.8) is 0 Å². The molecule has 0 aliphatic carbocycles. The average molecular weight is 421 g/mol. The number of likely N-dealkylation sites (tertiary alicyclic amines) is 1. The van der Waals surface area contributed by atoms with Gasteiger partial charge in [-0.1, -0.05) is 0 Å². The second-order valence-electron chi connectivity index (χ2n) is 4.81. The van der Waals surface area contributed by atoms with Gasteiger partial charge in [-0.3, -0.25) is 4.79 Å². The molecule has 0 atom stereocenters. The van der Waals surface area contributed by atoms with Gasteiger partial charge in [0.2, 0.25) is 5.91 Å². The summed E-state index contributed by atoms with van der Waals surface area (Å²) >= 11 is 0. The van der Waals surface area contributed by atoms with E-state index in [1.165, 1.54) is 12.8 Å². The topological polar surface area (TPSA) is 73.2 Å². The van der Waals surface area contributed by atoms with Gasteiger partial charge in [0, 0.05) is 41.3 Å². The Hall–Kier alpha value is -0.360. The predicted molar refractivity (Wildman–Crippen MR) is 66.4 cm³/mol. The molecule has 1 fully saturated rings. The fraction of sp³-hybridized carbons (Fsp3) is 0.833. The molecular weight excluding hydrogens is 399 g/mol. The van der Waals surface area contributed by atoms with Gasteiger partial charge in [0.05, 0.1) is 0 Å². The molecule has 103 valence electrons. The van der Waals surface area contributed by atoms with Crippen molar-refractivity contribution in [1.82, 2.24) is 10.2 Å². The van der Waals surface area contributed by atoms with Crippen molar-refractivity contribution < 1.29 is 32.0 Å². The third-order valence-electron chi connectivity index (χ3n) is 3.29. The molecule has 0 bridgehead atoms. The van der Waals surface area contributed by atoms with Crippen LogP contribution in [0.25, 0.3) is 5.73 Å². The monoisotopic (exact) mass is 421 g/mol. The van der Waals surface area contributed by atoms with Gasteiger partial charge in [-0.2, -0.15) is 0 Å². The summed E-state index contributed by atoms with van der Waals surface area (Å²) < 4.78 is 0. The van der Waals surface area contributed by atoms with Crippen LogP contribution < -0.4 is 5.32 Å². The molecule has 1 saturated heterocycles. The van der Waals surface area contributed by atoms with Crippen LogP contribution in [-0.4, -0.2) is 43.4 Å². The molecule has 0 aromatic heterocycles. The third-order valence-corrected chi connectivity index (χ3v) is 3.29. The van der Waals surface area contributed by atoms with Crippen molar-refractivity contribution >= 4 is 11.8 Å². The minimum Gasteiger partial charge on any atom is -0.668 e. The van der Waals surface area contributed by atoms with Crippen LogP contribution in [0.15, 0.2) is 0 Å². The van der Waals surface area contributed by atoms with E-state index in [-0.39, 0.29) is 41.1 Å². The first-order valence-corrected chi connectivity index (χ1v) is 6.27. The van der Waals surface area contributed by atoms with Crippen LogP contribution in [0.1, 0.15) is 32.1 Å². The van der Waals surface area contributed by atoms with Crippen LogP contribution in [0.2, 0.25) is 0 Å². The number of nitrogens with one attached hydrogen (secondary N) is 2. The van der Waals surface area contributed by atoms with Crippen LogP contribution in [0, 0.1) is 5.92 Å². The Bertz CT molecular complexity index is 266. The first-order chi connectivity index (χ1) is 8.08. The van der Waals surface area contributed by atoms with Gasteiger partial charge in [-0.15, -0.1) is 0 Å². The maximum absolute atomic E-state index is 11.3. The quantitative estimate of drug-likeness (QED) is 0.701. The maximum atomic E-state index is 11.3. The number of nitrogens with zero attached hydrogens (tertiary/aromatic N) is 1. The molecule has 1 rings (SSSR count). The van der Waals surface area contributed by atoms with Crippen molar-refractivity contribution in [3.8, 4) is 0 Å². The van der Waals surface area contributed by atoms with Crippen molar-refractivity contribution in [3.05, 3.63) is 5.73 Å². The molecule has 6 heteroatoms. The minimum absolute atomic E-state index is 0. The molecule has 0 saturated carbocycles. The predicted octanol–water partition coefficient (Wildman–Crippen LogP) is 1.19. The van der Waals surface area contributed by atoms with E-state index in [9.17, 15) is 9.59 Å². The zero-order chi connectivity index (χ0) is 12.7. The molecule has 2 N–H and O–H groups in total. The van der Waals surface area contributed by atoms with Gasteiger partial charge >= 0.3 is 0 Å². The van der Waals surface area contributed by atoms with E-state index >= 15 is 0 Å². The van der Waals surface area contributed by atoms with Gasteiger partial charge in [-0.25, -0.2) is 0 Å². The van der Waals surface area contributed by atoms with E-state index in [1.807, 2.05) is 0 Å². The SMILES string of the molecule is CN1CCC(CCNC(=O)CCC([NH-])=O)CC1.[Ta]. The smallest absolute Gasteiger partial charge is 0.220 e. The van der Waals surface area contributed by atoms with Crippen LogP contribution in [0.4, 0.5) is 0 Å².